The van der Waals surface area contributed by atoms with Crippen LogP contribution in [0.4, 0.5) is 13.2 Å². The van der Waals surface area contributed by atoms with Gasteiger partial charge in [-0.2, -0.15) is 4.31 Å². The van der Waals surface area contributed by atoms with E-state index in [1.54, 1.807) is 26.0 Å². The number of halogens is 3. The van der Waals surface area contributed by atoms with Gasteiger partial charge in [0, 0.05) is 37.1 Å². The van der Waals surface area contributed by atoms with Crippen molar-refractivity contribution in [3.63, 3.8) is 0 Å². The molecule has 0 bridgehead atoms. The van der Waals surface area contributed by atoms with Gasteiger partial charge in [-0.1, -0.05) is 25.6 Å². The molecule has 0 radical (unpaired) electrons. The fraction of sp³-hybridized carbons (Fsp3) is 0.435. The molecule has 1 fully saturated rings. The Bertz CT molecular complexity index is 1290. The van der Waals surface area contributed by atoms with E-state index in [1.807, 2.05) is 4.57 Å². The Labute approximate surface area is 201 Å². The maximum atomic E-state index is 14.2. The van der Waals surface area contributed by atoms with Crippen LogP contribution in [-0.2, 0) is 27.1 Å². The van der Waals surface area contributed by atoms with Crippen molar-refractivity contribution in [1.29, 1.82) is 0 Å². The third kappa shape index (κ3) is 4.98. The standard InChI is InChI=1S/C23H26F3N3O3S2/c1-3-28(4-2)34(30,31)18-7-8-21-20(12-18)27-23(29(21)13-17-6-5-9-32-17)33-14-15-10-16(24)11-19(25)22(15)26/h7-8,10-12,17H,3-6,9,13-14H2,1-2H3. The summed E-state index contributed by atoms with van der Waals surface area (Å²) >= 11 is 1.13. The molecule has 0 saturated carbocycles. The van der Waals surface area contributed by atoms with Crippen LogP contribution in [0.5, 0.6) is 0 Å². The maximum absolute atomic E-state index is 14.2. The number of thioether (sulfide) groups is 1. The van der Waals surface area contributed by atoms with Gasteiger partial charge in [-0.25, -0.2) is 26.6 Å². The molecule has 34 heavy (non-hydrogen) atoms. The van der Waals surface area contributed by atoms with E-state index in [4.69, 9.17) is 4.74 Å². The minimum Gasteiger partial charge on any atom is -0.376 e. The number of hydrogen-bond acceptors (Lipinski definition) is 5. The number of nitrogens with zero attached hydrogens (tertiary/aromatic N) is 3. The van der Waals surface area contributed by atoms with E-state index in [9.17, 15) is 21.6 Å². The molecule has 1 saturated heterocycles. The van der Waals surface area contributed by atoms with Gasteiger partial charge in [0.2, 0.25) is 10.0 Å². The minimum atomic E-state index is -3.67. The highest BCUT2D eigenvalue weighted by atomic mass is 32.2. The van der Waals surface area contributed by atoms with Crippen LogP contribution < -0.4 is 0 Å². The van der Waals surface area contributed by atoms with E-state index >= 15 is 0 Å². The molecule has 0 amide bonds. The topological polar surface area (TPSA) is 64.4 Å². The number of benzene rings is 2. The molecular weight excluding hydrogens is 487 g/mol. The maximum Gasteiger partial charge on any atom is 0.243 e. The van der Waals surface area contributed by atoms with E-state index in [0.29, 0.717) is 48.5 Å². The second-order valence-electron chi connectivity index (χ2n) is 8.03. The van der Waals surface area contributed by atoms with Gasteiger partial charge in [-0.15, -0.1) is 0 Å². The summed E-state index contributed by atoms with van der Waals surface area (Å²) < 4.78 is 76.4. The van der Waals surface area contributed by atoms with Crippen molar-refractivity contribution in [3.8, 4) is 0 Å². The van der Waals surface area contributed by atoms with Gasteiger partial charge in [0.15, 0.2) is 16.8 Å². The van der Waals surface area contributed by atoms with Gasteiger partial charge >= 0.3 is 0 Å². The van der Waals surface area contributed by atoms with Crippen molar-refractivity contribution >= 4 is 32.8 Å². The van der Waals surface area contributed by atoms with Crippen LogP contribution in [0.1, 0.15) is 32.3 Å². The Morgan fingerprint density at radius 1 is 1.18 bits per heavy atom. The second kappa shape index (κ2) is 10.3. The zero-order valence-corrected chi connectivity index (χ0v) is 20.6. The van der Waals surface area contributed by atoms with Crippen LogP contribution in [0.3, 0.4) is 0 Å². The second-order valence-corrected chi connectivity index (χ2v) is 10.9. The number of fused-ring (bicyclic) bond motifs is 1. The summed E-state index contributed by atoms with van der Waals surface area (Å²) in [6.45, 7) is 5.40. The monoisotopic (exact) mass is 513 g/mol. The van der Waals surface area contributed by atoms with Crippen molar-refractivity contribution in [2.24, 2.45) is 0 Å². The Morgan fingerprint density at radius 3 is 2.62 bits per heavy atom. The lowest BCUT2D eigenvalue weighted by molar-refractivity contribution is 0.0960. The van der Waals surface area contributed by atoms with Crippen molar-refractivity contribution in [2.45, 2.75) is 55.1 Å². The molecule has 1 aliphatic rings. The van der Waals surface area contributed by atoms with Crippen LogP contribution in [0, 0.1) is 17.5 Å². The van der Waals surface area contributed by atoms with Gasteiger partial charge in [0.1, 0.15) is 5.82 Å². The SMILES string of the molecule is CCN(CC)S(=O)(=O)c1ccc2c(c1)nc(SCc1cc(F)cc(F)c1F)n2CC1CCCO1. The van der Waals surface area contributed by atoms with Crippen molar-refractivity contribution < 1.29 is 26.3 Å². The fourth-order valence-corrected chi connectivity index (χ4v) is 6.56. The Hall–Kier alpha value is -2.08. The van der Waals surface area contributed by atoms with E-state index in [1.165, 1.54) is 10.4 Å². The highest BCUT2D eigenvalue weighted by Crippen LogP contribution is 2.31. The summed E-state index contributed by atoms with van der Waals surface area (Å²) in [7, 11) is -3.67. The van der Waals surface area contributed by atoms with Gasteiger partial charge in [0.25, 0.3) is 0 Å². The molecule has 4 rings (SSSR count). The highest BCUT2D eigenvalue weighted by molar-refractivity contribution is 7.98. The molecule has 2 aromatic carbocycles. The molecule has 11 heteroatoms. The lowest BCUT2D eigenvalue weighted by atomic mass is 10.2. The first kappa shape index (κ1) is 25.0. The molecule has 3 aromatic rings. The zero-order valence-electron chi connectivity index (χ0n) is 18.9. The molecule has 6 nitrogen and oxygen atoms in total. The van der Waals surface area contributed by atoms with E-state index < -0.39 is 27.5 Å². The summed E-state index contributed by atoms with van der Waals surface area (Å²) in [5.41, 5.74) is 1.07. The van der Waals surface area contributed by atoms with Crippen molar-refractivity contribution in [3.05, 3.63) is 53.3 Å². The first-order valence-corrected chi connectivity index (χ1v) is 13.5. The fourth-order valence-electron chi connectivity index (χ4n) is 4.10. The predicted molar refractivity (Wildman–Crippen MR) is 125 cm³/mol. The molecule has 184 valence electrons. The quantitative estimate of drug-likeness (QED) is 0.299. The molecule has 1 unspecified atom stereocenters. The molecule has 0 spiro atoms. The number of sulfonamides is 1. The molecular formula is C23H26F3N3O3S2. The molecule has 1 atom stereocenters. The number of rotatable bonds is 9. The average Bonchev–Trinajstić information content (AvgIpc) is 3.44. The van der Waals surface area contributed by atoms with E-state index in [-0.39, 0.29) is 22.3 Å². The summed E-state index contributed by atoms with van der Waals surface area (Å²) in [4.78, 5) is 4.75. The van der Waals surface area contributed by atoms with Crippen molar-refractivity contribution in [2.75, 3.05) is 19.7 Å². The molecule has 1 aromatic heterocycles. The van der Waals surface area contributed by atoms with E-state index in [2.05, 4.69) is 4.98 Å². The number of hydrogen-bond donors (Lipinski definition) is 0. The molecule has 0 N–H and O–H groups in total. The zero-order chi connectivity index (χ0) is 24.5. The van der Waals surface area contributed by atoms with Crippen LogP contribution in [-0.4, -0.2) is 48.1 Å². The Morgan fingerprint density at radius 2 is 1.94 bits per heavy atom. The summed E-state index contributed by atoms with van der Waals surface area (Å²) in [6, 6.07) is 6.27. The Balaban J connectivity index is 1.72. The first-order valence-electron chi connectivity index (χ1n) is 11.1. The smallest absolute Gasteiger partial charge is 0.243 e. The summed E-state index contributed by atoms with van der Waals surface area (Å²) in [5, 5.41) is 0.493. The lowest BCUT2D eigenvalue weighted by Gasteiger charge is -2.18. The van der Waals surface area contributed by atoms with Crippen molar-refractivity contribution in [1.82, 2.24) is 13.9 Å². The van der Waals surface area contributed by atoms with Gasteiger partial charge in [-0.3, -0.25) is 0 Å². The molecule has 0 aliphatic carbocycles. The minimum absolute atomic E-state index is 0.0285. The van der Waals surface area contributed by atoms with Gasteiger partial charge < -0.3 is 9.30 Å². The van der Waals surface area contributed by atoms with Gasteiger partial charge in [0.05, 0.1) is 28.6 Å². The molecule has 1 aliphatic heterocycles. The largest absolute Gasteiger partial charge is 0.376 e. The number of aromatic nitrogens is 2. The Kier molecular flexibility index (Phi) is 7.56. The normalized spacial score (nSPS) is 16.7. The van der Waals surface area contributed by atoms with Gasteiger partial charge in [-0.05, 0) is 37.1 Å². The van der Waals surface area contributed by atoms with Crippen LogP contribution in [0.15, 0.2) is 40.4 Å². The third-order valence-electron chi connectivity index (χ3n) is 5.86. The number of imidazole rings is 1. The summed E-state index contributed by atoms with van der Waals surface area (Å²) in [6.07, 6.45) is 1.79. The summed E-state index contributed by atoms with van der Waals surface area (Å²) in [5.74, 6) is -3.23. The third-order valence-corrected chi connectivity index (χ3v) is 8.93. The average molecular weight is 514 g/mol. The van der Waals surface area contributed by atoms with Crippen LogP contribution >= 0.6 is 11.8 Å². The van der Waals surface area contributed by atoms with Crippen LogP contribution in [0.2, 0.25) is 0 Å². The predicted octanol–water partition coefficient (Wildman–Crippen LogP) is 4.96. The number of ether oxygens (including phenoxy) is 1. The van der Waals surface area contributed by atoms with Crippen LogP contribution in [0.25, 0.3) is 11.0 Å². The first-order chi connectivity index (χ1) is 16.2. The highest BCUT2D eigenvalue weighted by Gasteiger charge is 2.25. The van der Waals surface area contributed by atoms with E-state index in [0.717, 1.165) is 30.7 Å². The lowest BCUT2D eigenvalue weighted by Crippen LogP contribution is -2.30. The molecule has 2 heterocycles.